The van der Waals surface area contributed by atoms with E-state index in [0.717, 1.165) is 22.0 Å². The van der Waals surface area contributed by atoms with Gasteiger partial charge >= 0.3 is 0 Å². The van der Waals surface area contributed by atoms with Gasteiger partial charge in [-0.2, -0.15) is 0 Å². The van der Waals surface area contributed by atoms with Gasteiger partial charge in [0.15, 0.2) is 11.9 Å². The number of fused-ring (bicyclic) bond motifs is 2. The Balaban J connectivity index is 1.39. The molecule has 33 heavy (non-hydrogen) atoms. The van der Waals surface area contributed by atoms with E-state index in [1.54, 1.807) is 37.9 Å². The first-order chi connectivity index (χ1) is 15.7. The van der Waals surface area contributed by atoms with E-state index in [1.807, 2.05) is 36.4 Å². The molecule has 1 aliphatic carbocycles. The predicted octanol–water partition coefficient (Wildman–Crippen LogP) is 3.83. The number of nitrogens with zero attached hydrogens (tertiary/aromatic N) is 1. The minimum absolute atomic E-state index is 0.165. The fourth-order valence-corrected chi connectivity index (χ4v) is 5.01. The predicted molar refractivity (Wildman–Crippen MR) is 125 cm³/mol. The summed E-state index contributed by atoms with van der Waals surface area (Å²) >= 11 is 6.08. The molecule has 0 spiro atoms. The largest absolute Gasteiger partial charge is 0.351 e. The molecule has 1 saturated heterocycles. The number of likely N-dealkylation sites (N-methyl/N-ethyl adjacent to an activating group) is 1. The number of amides is 2. The van der Waals surface area contributed by atoms with Crippen LogP contribution in [0.4, 0.5) is 0 Å². The van der Waals surface area contributed by atoms with Gasteiger partial charge in [0.2, 0.25) is 0 Å². The first-order valence-electron chi connectivity index (χ1n) is 11.0. The summed E-state index contributed by atoms with van der Waals surface area (Å²) in [6.07, 6.45) is -0.0448. The summed E-state index contributed by atoms with van der Waals surface area (Å²) in [5.41, 5.74) is 3.43. The minimum atomic E-state index is -0.791. The third-order valence-electron chi connectivity index (χ3n) is 6.39. The number of hydrogen-bond donors (Lipinski definition) is 2. The van der Waals surface area contributed by atoms with Crippen LogP contribution in [0, 0.1) is 0 Å². The van der Waals surface area contributed by atoms with Crippen LogP contribution in [0.2, 0.25) is 5.02 Å². The highest BCUT2D eigenvalue weighted by molar-refractivity contribution is 6.31. The molecule has 2 N–H and O–H groups in total. The van der Waals surface area contributed by atoms with Crippen molar-refractivity contribution in [2.24, 2.45) is 0 Å². The van der Waals surface area contributed by atoms with Gasteiger partial charge in [-0.25, -0.2) is 0 Å². The first-order valence-corrected chi connectivity index (χ1v) is 11.3. The Labute approximate surface area is 197 Å². The number of hydrogen-bond acceptors (Lipinski definition) is 4. The van der Waals surface area contributed by atoms with Gasteiger partial charge < -0.3 is 24.7 Å². The van der Waals surface area contributed by atoms with Crippen LogP contribution in [-0.2, 0) is 20.7 Å². The molecule has 2 aliphatic rings. The van der Waals surface area contributed by atoms with Crippen LogP contribution >= 0.6 is 11.6 Å². The molecule has 2 amide bonds. The number of aromatic amines is 1. The summed E-state index contributed by atoms with van der Waals surface area (Å²) in [7, 11) is 1.76. The number of carbonyl (C=O) groups excluding carboxylic acids is 2. The van der Waals surface area contributed by atoms with Crippen molar-refractivity contribution in [3.05, 3.63) is 70.4 Å². The normalized spacial score (nSPS) is 23.5. The lowest BCUT2D eigenvalue weighted by molar-refractivity contribution is -0.161. The number of rotatable bonds is 4. The average molecular weight is 468 g/mol. The monoisotopic (exact) mass is 467 g/mol. The molecule has 1 fully saturated rings. The molecule has 3 atom stereocenters. The van der Waals surface area contributed by atoms with Crippen molar-refractivity contribution in [2.75, 3.05) is 13.7 Å². The maximum atomic E-state index is 13.3. The molecule has 8 heteroatoms. The number of ether oxygens (including phenoxy) is 2. The van der Waals surface area contributed by atoms with Crippen LogP contribution in [0.5, 0.6) is 0 Å². The lowest BCUT2D eigenvalue weighted by Crippen LogP contribution is -2.48. The van der Waals surface area contributed by atoms with E-state index >= 15 is 0 Å². The minimum Gasteiger partial charge on any atom is -0.351 e. The van der Waals surface area contributed by atoms with Gasteiger partial charge in [-0.1, -0.05) is 35.9 Å². The van der Waals surface area contributed by atoms with Crippen molar-refractivity contribution < 1.29 is 19.1 Å². The molecule has 0 saturated carbocycles. The van der Waals surface area contributed by atoms with E-state index in [4.69, 9.17) is 21.1 Å². The van der Waals surface area contributed by atoms with Gasteiger partial charge in [0, 0.05) is 23.0 Å². The Morgan fingerprint density at radius 2 is 1.97 bits per heavy atom. The summed E-state index contributed by atoms with van der Waals surface area (Å²) in [6, 6.07) is 14.6. The second-order valence-electron chi connectivity index (χ2n) is 9.11. The van der Waals surface area contributed by atoms with Gasteiger partial charge in [0.25, 0.3) is 11.8 Å². The summed E-state index contributed by atoms with van der Waals surface area (Å²) < 4.78 is 11.4. The van der Waals surface area contributed by atoms with Crippen molar-refractivity contribution in [1.29, 1.82) is 0 Å². The van der Waals surface area contributed by atoms with E-state index in [-0.39, 0.29) is 30.5 Å². The van der Waals surface area contributed by atoms with Crippen LogP contribution in [0.1, 0.15) is 41.5 Å². The van der Waals surface area contributed by atoms with Gasteiger partial charge in [-0.3, -0.25) is 9.59 Å². The quantitative estimate of drug-likeness (QED) is 0.611. The molecule has 0 unspecified atom stereocenters. The van der Waals surface area contributed by atoms with Crippen LogP contribution in [0.3, 0.4) is 0 Å². The highest BCUT2D eigenvalue weighted by Gasteiger charge is 2.43. The molecule has 0 radical (unpaired) electrons. The highest BCUT2D eigenvalue weighted by atomic mass is 35.5. The number of carbonyl (C=O) groups is 2. The Hall–Kier alpha value is -2.87. The average Bonchev–Trinajstić information content (AvgIpc) is 3.46. The van der Waals surface area contributed by atoms with E-state index < -0.39 is 11.9 Å². The molecule has 1 aromatic heterocycles. The Morgan fingerprint density at radius 1 is 1.18 bits per heavy atom. The van der Waals surface area contributed by atoms with Gasteiger partial charge in [-0.15, -0.1) is 0 Å². The molecule has 3 aromatic rings. The second-order valence-corrected chi connectivity index (χ2v) is 9.55. The van der Waals surface area contributed by atoms with Crippen molar-refractivity contribution in [1.82, 2.24) is 15.2 Å². The van der Waals surface area contributed by atoms with Crippen molar-refractivity contribution in [3.63, 3.8) is 0 Å². The zero-order valence-corrected chi connectivity index (χ0v) is 19.5. The molecule has 172 valence electrons. The third kappa shape index (κ3) is 4.12. The van der Waals surface area contributed by atoms with Gasteiger partial charge in [0.1, 0.15) is 5.69 Å². The number of halogens is 1. The van der Waals surface area contributed by atoms with Gasteiger partial charge in [0.05, 0.1) is 18.7 Å². The molecular formula is C25H26ClN3O4. The molecular weight excluding hydrogens is 442 g/mol. The number of aromatic nitrogens is 1. The van der Waals surface area contributed by atoms with Crippen LogP contribution in [0.15, 0.2) is 48.5 Å². The lowest BCUT2D eigenvalue weighted by atomic mass is 10.0. The molecule has 1 aliphatic heterocycles. The Morgan fingerprint density at radius 3 is 2.73 bits per heavy atom. The van der Waals surface area contributed by atoms with E-state index in [0.29, 0.717) is 17.1 Å². The maximum absolute atomic E-state index is 13.3. The summed E-state index contributed by atoms with van der Waals surface area (Å²) in [4.78, 5) is 31.3. The molecule has 7 nitrogen and oxygen atoms in total. The summed E-state index contributed by atoms with van der Waals surface area (Å²) in [6.45, 7) is 3.79. The van der Waals surface area contributed by atoms with Crippen molar-refractivity contribution in [2.45, 2.75) is 44.2 Å². The zero-order valence-electron chi connectivity index (χ0n) is 18.7. The Kier molecular flexibility index (Phi) is 5.43. The third-order valence-corrected chi connectivity index (χ3v) is 6.62. The lowest BCUT2D eigenvalue weighted by Gasteiger charge is -2.32. The summed E-state index contributed by atoms with van der Waals surface area (Å²) in [5, 5.41) is 4.62. The molecule has 5 rings (SSSR count). The number of H-pyrrole nitrogens is 1. The fourth-order valence-electron chi connectivity index (χ4n) is 4.83. The van der Waals surface area contributed by atoms with Crippen LogP contribution < -0.4 is 5.32 Å². The highest BCUT2D eigenvalue weighted by Crippen LogP contribution is 2.37. The van der Waals surface area contributed by atoms with E-state index in [9.17, 15) is 9.59 Å². The van der Waals surface area contributed by atoms with E-state index in [2.05, 4.69) is 10.3 Å². The SMILES string of the molecule is CN(C(=O)[C@H]1COC(C)(C)O1)[C@H]1c2ccccc2C[C@H]1NC(=O)c1cc2cc(Cl)ccc2[nH]1. The maximum Gasteiger partial charge on any atom is 0.268 e. The molecule has 2 aromatic carbocycles. The summed E-state index contributed by atoms with van der Waals surface area (Å²) in [5.74, 6) is -1.18. The van der Waals surface area contributed by atoms with Crippen molar-refractivity contribution in [3.8, 4) is 0 Å². The topological polar surface area (TPSA) is 83.7 Å². The van der Waals surface area contributed by atoms with Crippen LogP contribution in [0.25, 0.3) is 10.9 Å². The second kappa shape index (κ2) is 8.17. The zero-order chi connectivity index (χ0) is 23.3. The number of nitrogens with one attached hydrogen (secondary N) is 2. The molecule has 2 heterocycles. The standard InChI is InChI=1S/C25H26ClN3O4/c1-25(2)32-13-21(33-25)24(31)29(3)22-17-7-5-4-6-14(17)11-19(22)28-23(30)20-12-15-10-16(26)8-9-18(15)27-20/h4-10,12,19,21-22,27H,11,13H2,1-3H3,(H,28,30)/t19-,21-,22+/m1/s1. The van der Waals surface area contributed by atoms with Crippen LogP contribution in [-0.4, -0.2) is 53.3 Å². The smallest absolute Gasteiger partial charge is 0.268 e. The molecule has 0 bridgehead atoms. The Bertz CT molecular complexity index is 1240. The first kappa shape index (κ1) is 21.9. The number of benzene rings is 2. The van der Waals surface area contributed by atoms with E-state index in [1.165, 1.54) is 0 Å². The van der Waals surface area contributed by atoms with Crippen molar-refractivity contribution >= 4 is 34.3 Å². The van der Waals surface area contributed by atoms with Gasteiger partial charge in [-0.05, 0) is 55.7 Å². The fraction of sp³-hybridized carbons (Fsp3) is 0.360.